The number of aromatic nitrogens is 3. The van der Waals surface area contributed by atoms with E-state index in [4.69, 9.17) is 10.5 Å². The molecule has 1 saturated heterocycles. The number of nitrogen functional groups attached to an aromatic ring is 1. The van der Waals surface area contributed by atoms with Crippen LogP contribution in [0.15, 0.2) is 84.5 Å². The number of methoxy groups -OCH3 is 1. The van der Waals surface area contributed by atoms with E-state index in [-0.39, 0.29) is 16.7 Å². The third-order valence-electron chi connectivity index (χ3n) is 12.6. The van der Waals surface area contributed by atoms with Gasteiger partial charge in [0.15, 0.2) is 22.8 Å². The molecule has 2 aromatic carbocycles. The first-order valence-electron chi connectivity index (χ1n) is 24.1. The van der Waals surface area contributed by atoms with Crippen molar-refractivity contribution in [3.63, 3.8) is 0 Å². The Hall–Kier alpha value is -5.71. The summed E-state index contributed by atoms with van der Waals surface area (Å²) in [6.45, 7) is 21.2. The van der Waals surface area contributed by atoms with Gasteiger partial charge in [0, 0.05) is 77.4 Å². The molecule has 384 valence electrons. The summed E-state index contributed by atoms with van der Waals surface area (Å²) in [5, 5.41) is 3.64. The van der Waals surface area contributed by atoms with E-state index in [1.807, 2.05) is 43.0 Å². The number of hydrogen-bond acceptors (Lipinski definition) is 9. The molecule has 1 aliphatic heterocycles. The number of aromatic amines is 1. The lowest BCUT2D eigenvalue weighted by Gasteiger charge is -2.23. The minimum Gasteiger partial charge on any atom is -0.496 e. The molecule has 2 amide bonds. The Morgan fingerprint density at radius 3 is 2.39 bits per heavy atom. The van der Waals surface area contributed by atoms with Crippen molar-refractivity contribution >= 4 is 40.9 Å². The number of hydrogen-bond donors (Lipinski definition) is 4. The molecule has 3 atom stereocenters. The lowest BCUT2D eigenvalue weighted by Crippen LogP contribution is -2.38. The van der Waals surface area contributed by atoms with E-state index < -0.39 is 17.9 Å². The first kappa shape index (κ1) is 56.9. The number of carbonyl (C=O) groups excluding carboxylic acids is 2. The number of unbranched alkanes of at least 4 members (excludes halogenated alkanes) is 4. The standard InChI is InChI=1S/C18H21N3O2.C14H22N2OS.C14H25NO.C7H5F4NO/c1-10(2)14-9-21(4)18(20-14)13-8-15(22)12-6-7-16(23-5)11(3)17(12)19-13;1-4-6-12(16-18-13(3)7-8-13)14(15-10-17)9-11(14)5-2;1-3-4-5-6-7-8-11-14(16)15-12-9-10-13(15)2;8-5-2-1-4(12)3-6(5)13-7(9,10)11/h6-10H,1-5H3,(H,19,22);5-6,10-11,16H,2,4,7-9H2,1,3H3,(H,15,17);3,13H,1,4-12H2,2H3;1-3H,12H2/b;12-6+;;. The number of likely N-dealkylation sites (tertiary alicyclic amines) is 1. The van der Waals surface area contributed by atoms with E-state index >= 15 is 0 Å². The summed E-state index contributed by atoms with van der Waals surface area (Å²) in [5.74, 6) is 0.542. The summed E-state index contributed by atoms with van der Waals surface area (Å²) in [4.78, 5) is 45.2. The largest absolute Gasteiger partial charge is 0.573 e. The van der Waals surface area contributed by atoms with Gasteiger partial charge < -0.3 is 39.7 Å². The van der Waals surface area contributed by atoms with E-state index in [2.05, 4.69) is 83.5 Å². The van der Waals surface area contributed by atoms with Crippen LogP contribution in [0.2, 0.25) is 0 Å². The predicted octanol–water partition coefficient (Wildman–Crippen LogP) is 12.0. The van der Waals surface area contributed by atoms with Crippen molar-refractivity contribution in [2.45, 2.75) is 147 Å². The highest BCUT2D eigenvalue weighted by Crippen LogP contribution is 2.52. The molecule has 7 rings (SSSR count). The number of aryl methyl sites for hydroxylation is 2. The minimum atomic E-state index is -4.91. The number of imidazole rings is 1. The van der Waals surface area contributed by atoms with Crippen LogP contribution in [-0.2, 0) is 16.6 Å². The van der Waals surface area contributed by atoms with Crippen LogP contribution >= 0.6 is 11.9 Å². The molecule has 17 heteroatoms. The van der Waals surface area contributed by atoms with Crippen LogP contribution in [0.4, 0.5) is 23.2 Å². The third kappa shape index (κ3) is 16.2. The van der Waals surface area contributed by atoms with E-state index in [9.17, 15) is 31.9 Å². The number of carbonyl (C=O) groups is 2. The normalized spacial score (nSPS) is 18.8. The van der Waals surface area contributed by atoms with Crippen LogP contribution in [-0.4, -0.2) is 68.1 Å². The number of halogens is 4. The molecule has 2 aromatic heterocycles. The van der Waals surface area contributed by atoms with Crippen molar-refractivity contribution in [1.82, 2.24) is 29.5 Å². The molecule has 3 fully saturated rings. The van der Waals surface area contributed by atoms with E-state index in [0.717, 1.165) is 97.3 Å². The molecule has 2 aliphatic carbocycles. The number of amides is 2. The fourth-order valence-corrected chi connectivity index (χ4v) is 9.02. The quantitative estimate of drug-likeness (QED) is 0.0179. The zero-order valence-corrected chi connectivity index (χ0v) is 42.9. The molecule has 12 nitrogen and oxygen atoms in total. The Morgan fingerprint density at radius 1 is 1.11 bits per heavy atom. The molecule has 3 aliphatic rings. The zero-order valence-electron chi connectivity index (χ0n) is 42.1. The lowest BCUT2D eigenvalue weighted by molar-refractivity contribution is -0.275. The highest BCUT2D eigenvalue weighted by Gasteiger charge is 2.56. The SMILES string of the molecule is C=CC1CC1(NC=O)/C(=C\CC)NSC1(C)CC1.C=CCCCCCCC(=O)N1CCCC1C.COc1ccc2c(=O)cc(-c3nc(C(C)C)cn3C)[nH]c2c1C.Nc1ccc(F)c(OC(F)(F)F)c1. The van der Waals surface area contributed by atoms with Crippen molar-refractivity contribution in [2.75, 3.05) is 19.4 Å². The first-order chi connectivity index (χ1) is 33.2. The van der Waals surface area contributed by atoms with Crippen LogP contribution < -0.4 is 30.7 Å². The van der Waals surface area contributed by atoms with E-state index in [0.29, 0.717) is 39.6 Å². The summed E-state index contributed by atoms with van der Waals surface area (Å²) in [6.07, 6.45) is 17.3. The number of ether oxygens (including phenoxy) is 2. The summed E-state index contributed by atoms with van der Waals surface area (Å²) in [7, 11) is 3.57. The lowest BCUT2D eigenvalue weighted by atomic mass is 10.1. The van der Waals surface area contributed by atoms with Gasteiger partial charge >= 0.3 is 6.36 Å². The molecule has 3 heterocycles. The summed E-state index contributed by atoms with van der Waals surface area (Å²) >= 11 is 1.79. The monoisotopic (exact) mass is 996 g/mol. The van der Waals surface area contributed by atoms with Gasteiger partial charge in [0.1, 0.15) is 5.75 Å². The number of pyridine rings is 1. The summed E-state index contributed by atoms with van der Waals surface area (Å²) < 4.78 is 62.0. The smallest absolute Gasteiger partial charge is 0.496 e. The average molecular weight is 996 g/mol. The highest BCUT2D eigenvalue weighted by molar-refractivity contribution is 7.99. The van der Waals surface area contributed by atoms with Crippen LogP contribution in [0.1, 0.15) is 129 Å². The number of anilines is 1. The maximum absolute atomic E-state index is 12.6. The molecule has 2 saturated carbocycles. The number of allylic oxidation sites excluding steroid dienone is 2. The number of rotatable bonds is 19. The van der Waals surface area contributed by atoms with Gasteiger partial charge in [0.2, 0.25) is 12.3 Å². The Kier molecular flexibility index (Phi) is 21.1. The molecule has 0 spiro atoms. The van der Waals surface area contributed by atoms with Crippen molar-refractivity contribution in [3.8, 4) is 23.0 Å². The zero-order chi connectivity index (χ0) is 51.8. The van der Waals surface area contributed by atoms with Crippen molar-refractivity contribution < 1.29 is 36.6 Å². The van der Waals surface area contributed by atoms with Gasteiger partial charge in [-0.15, -0.1) is 26.3 Å². The molecule has 70 heavy (non-hydrogen) atoms. The fraction of sp³-hybridized carbons (Fsp3) is 0.509. The van der Waals surface area contributed by atoms with Crippen LogP contribution in [0.25, 0.3) is 22.4 Å². The second-order valence-corrected chi connectivity index (χ2v) is 20.0. The summed E-state index contributed by atoms with van der Waals surface area (Å²) in [5.41, 5.74) is 9.46. The Labute approximate surface area is 415 Å². The maximum Gasteiger partial charge on any atom is 0.573 e. The number of H-pyrrole nitrogens is 1. The first-order valence-corrected chi connectivity index (χ1v) is 24.9. The average Bonchev–Trinajstić information content (AvgIpc) is 4.11. The molecule has 4 aromatic rings. The van der Waals surface area contributed by atoms with Gasteiger partial charge in [0.05, 0.1) is 29.6 Å². The Morgan fingerprint density at radius 2 is 1.83 bits per heavy atom. The van der Waals surface area contributed by atoms with Gasteiger partial charge in [-0.1, -0.05) is 51.8 Å². The highest BCUT2D eigenvalue weighted by atomic mass is 32.2. The topological polar surface area (TPSA) is 157 Å². The molecular formula is C53H73F4N7O5S. The number of benzene rings is 2. The number of nitrogens with zero attached hydrogens (tertiary/aromatic N) is 3. The van der Waals surface area contributed by atoms with Gasteiger partial charge in [-0.05, 0) is 121 Å². The molecule has 5 N–H and O–H groups in total. The van der Waals surface area contributed by atoms with Crippen molar-refractivity contribution in [1.29, 1.82) is 0 Å². The fourth-order valence-electron chi connectivity index (χ4n) is 8.09. The van der Waals surface area contributed by atoms with Crippen molar-refractivity contribution in [2.24, 2.45) is 13.0 Å². The third-order valence-corrected chi connectivity index (χ3v) is 13.9. The Bertz CT molecular complexity index is 2480. The maximum atomic E-state index is 12.6. The second kappa shape index (κ2) is 25.9. The number of nitrogens with one attached hydrogen (secondary N) is 3. The molecule has 0 radical (unpaired) electrons. The molecule has 3 unspecified atom stereocenters. The van der Waals surface area contributed by atoms with Gasteiger partial charge in [-0.3, -0.25) is 14.4 Å². The van der Waals surface area contributed by atoms with Crippen LogP contribution in [0, 0.1) is 18.7 Å². The number of fused-ring (bicyclic) bond motifs is 1. The number of alkyl halides is 3. The van der Waals surface area contributed by atoms with Gasteiger partial charge in [0.25, 0.3) is 0 Å². The molecule has 0 bridgehead atoms. The Balaban J connectivity index is 0.000000208. The van der Waals surface area contributed by atoms with Gasteiger partial charge in [-0.25, -0.2) is 9.37 Å². The predicted molar refractivity (Wildman–Crippen MR) is 275 cm³/mol. The number of nitrogens with two attached hydrogens (primary N) is 1. The van der Waals surface area contributed by atoms with E-state index in [1.54, 1.807) is 31.2 Å². The minimum absolute atomic E-state index is 0.000602. The van der Waals surface area contributed by atoms with Gasteiger partial charge in [-0.2, -0.15) is 0 Å². The van der Waals surface area contributed by atoms with Crippen LogP contribution in [0.5, 0.6) is 11.5 Å². The van der Waals surface area contributed by atoms with Crippen molar-refractivity contribution in [3.05, 3.63) is 107 Å². The molecular weight excluding hydrogens is 923 g/mol. The van der Waals surface area contributed by atoms with Crippen LogP contribution in [0.3, 0.4) is 0 Å². The second-order valence-electron chi connectivity index (χ2n) is 18.6. The van der Waals surface area contributed by atoms with E-state index in [1.165, 1.54) is 44.9 Å². The summed E-state index contributed by atoms with van der Waals surface area (Å²) in [6, 6.07) is 8.41.